The van der Waals surface area contributed by atoms with Crippen molar-refractivity contribution in [2.45, 2.75) is 6.92 Å². The number of nitrogens with zero attached hydrogens (tertiary/aromatic N) is 1. The number of pyridine rings is 1. The van der Waals surface area contributed by atoms with E-state index in [9.17, 15) is 4.79 Å². The highest BCUT2D eigenvalue weighted by Gasteiger charge is 2.16. The number of carbonyl (C=O) groups is 1. The van der Waals surface area contributed by atoms with Gasteiger partial charge in [0.1, 0.15) is 0 Å². The van der Waals surface area contributed by atoms with Crippen LogP contribution in [0.25, 0.3) is 0 Å². The van der Waals surface area contributed by atoms with E-state index in [4.69, 9.17) is 5.73 Å². The molecule has 0 amide bonds. The van der Waals surface area contributed by atoms with Gasteiger partial charge < -0.3 is 11.1 Å². The van der Waals surface area contributed by atoms with Gasteiger partial charge in [-0.3, -0.25) is 4.79 Å². The molecule has 114 valence electrons. The molecule has 0 aliphatic rings. The zero-order valence-electron chi connectivity index (χ0n) is 12.8. The SMILES string of the molecule is Cc1cccc(C(=O)c2ccccc2)c1Nc1ncccc1N. The van der Waals surface area contributed by atoms with Crippen LogP contribution in [-0.4, -0.2) is 10.8 Å². The molecule has 0 aliphatic heterocycles. The standard InChI is InChI=1S/C19H17N3O/c1-13-7-5-10-15(18(23)14-8-3-2-4-9-14)17(13)22-19-16(20)11-6-12-21-19/h2-12H,20H2,1H3,(H,21,22). The number of ketones is 1. The summed E-state index contributed by atoms with van der Waals surface area (Å²) < 4.78 is 0. The van der Waals surface area contributed by atoms with Crippen LogP contribution in [0.1, 0.15) is 21.5 Å². The number of aryl methyl sites for hydroxylation is 1. The number of hydrogen-bond acceptors (Lipinski definition) is 4. The molecule has 0 bridgehead atoms. The maximum absolute atomic E-state index is 12.8. The molecule has 3 aromatic rings. The first-order chi connectivity index (χ1) is 11.2. The average molecular weight is 303 g/mol. The van der Waals surface area contributed by atoms with Crippen molar-refractivity contribution in [2.75, 3.05) is 11.1 Å². The van der Waals surface area contributed by atoms with E-state index in [1.54, 1.807) is 18.3 Å². The van der Waals surface area contributed by atoms with E-state index < -0.39 is 0 Å². The molecule has 0 radical (unpaired) electrons. The third-order valence-corrected chi connectivity index (χ3v) is 3.64. The van der Waals surface area contributed by atoms with Crippen LogP contribution in [-0.2, 0) is 0 Å². The summed E-state index contributed by atoms with van der Waals surface area (Å²) in [6, 6.07) is 18.4. The first-order valence-electron chi connectivity index (χ1n) is 7.33. The molecule has 0 unspecified atom stereocenters. The summed E-state index contributed by atoms with van der Waals surface area (Å²) in [6.45, 7) is 1.95. The van der Waals surface area contributed by atoms with E-state index >= 15 is 0 Å². The largest absolute Gasteiger partial charge is 0.396 e. The van der Waals surface area contributed by atoms with Gasteiger partial charge in [-0.25, -0.2) is 4.98 Å². The van der Waals surface area contributed by atoms with Crippen LogP contribution in [0.2, 0.25) is 0 Å². The fraction of sp³-hybridized carbons (Fsp3) is 0.0526. The lowest BCUT2D eigenvalue weighted by molar-refractivity contribution is 0.103. The van der Waals surface area contributed by atoms with Crippen molar-refractivity contribution in [3.63, 3.8) is 0 Å². The van der Waals surface area contributed by atoms with Gasteiger partial charge in [-0.15, -0.1) is 0 Å². The average Bonchev–Trinajstić information content (AvgIpc) is 2.58. The molecule has 3 rings (SSSR count). The quantitative estimate of drug-likeness (QED) is 0.716. The summed E-state index contributed by atoms with van der Waals surface area (Å²) in [5, 5.41) is 3.20. The molecule has 0 spiro atoms. The molecule has 2 aromatic carbocycles. The Morgan fingerprint density at radius 1 is 1.00 bits per heavy atom. The molecule has 0 atom stereocenters. The topological polar surface area (TPSA) is 68.0 Å². The maximum Gasteiger partial charge on any atom is 0.195 e. The summed E-state index contributed by atoms with van der Waals surface area (Å²) in [6.07, 6.45) is 1.66. The molecule has 0 saturated heterocycles. The van der Waals surface area contributed by atoms with Gasteiger partial charge in [0.05, 0.1) is 11.4 Å². The molecule has 0 aliphatic carbocycles. The molecule has 23 heavy (non-hydrogen) atoms. The molecule has 0 saturated carbocycles. The van der Waals surface area contributed by atoms with Crippen molar-refractivity contribution < 1.29 is 4.79 Å². The Hall–Kier alpha value is -3.14. The second-order valence-corrected chi connectivity index (χ2v) is 5.26. The first kappa shape index (κ1) is 14.8. The first-order valence-corrected chi connectivity index (χ1v) is 7.33. The lowest BCUT2D eigenvalue weighted by Crippen LogP contribution is -2.08. The van der Waals surface area contributed by atoms with Crippen LogP contribution in [0.3, 0.4) is 0 Å². The zero-order chi connectivity index (χ0) is 16.2. The maximum atomic E-state index is 12.8. The highest BCUT2D eigenvalue weighted by Crippen LogP contribution is 2.28. The Morgan fingerprint density at radius 2 is 1.78 bits per heavy atom. The molecule has 4 heteroatoms. The van der Waals surface area contributed by atoms with Crippen LogP contribution in [0, 0.1) is 6.92 Å². The van der Waals surface area contributed by atoms with E-state index in [1.807, 2.05) is 55.5 Å². The predicted octanol–water partition coefficient (Wildman–Crippen LogP) is 3.95. The van der Waals surface area contributed by atoms with Gasteiger partial charge in [0, 0.05) is 17.3 Å². The van der Waals surface area contributed by atoms with Crippen LogP contribution >= 0.6 is 0 Å². The minimum Gasteiger partial charge on any atom is -0.396 e. The summed E-state index contributed by atoms with van der Waals surface area (Å²) >= 11 is 0. The number of nitrogen functional groups attached to an aromatic ring is 1. The molecular weight excluding hydrogens is 286 g/mol. The summed E-state index contributed by atoms with van der Waals surface area (Å²) in [4.78, 5) is 17.0. The number of rotatable bonds is 4. The highest BCUT2D eigenvalue weighted by molar-refractivity contribution is 6.13. The van der Waals surface area contributed by atoms with Crippen LogP contribution < -0.4 is 11.1 Å². The number of nitrogens with two attached hydrogens (primary N) is 1. The normalized spacial score (nSPS) is 10.3. The van der Waals surface area contributed by atoms with Crippen molar-refractivity contribution in [2.24, 2.45) is 0 Å². The van der Waals surface area contributed by atoms with Gasteiger partial charge in [0.2, 0.25) is 0 Å². The minimum absolute atomic E-state index is 0.0358. The Morgan fingerprint density at radius 3 is 2.52 bits per heavy atom. The fourth-order valence-corrected chi connectivity index (χ4v) is 2.41. The number of anilines is 3. The van der Waals surface area contributed by atoms with E-state index in [2.05, 4.69) is 10.3 Å². The number of carbonyl (C=O) groups excluding carboxylic acids is 1. The van der Waals surface area contributed by atoms with Crippen molar-refractivity contribution in [1.82, 2.24) is 4.98 Å². The molecule has 4 nitrogen and oxygen atoms in total. The monoisotopic (exact) mass is 303 g/mol. The number of hydrogen-bond donors (Lipinski definition) is 2. The third-order valence-electron chi connectivity index (χ3n) is 3.64. The van der Waals surface area contributed by atoms with E-state index in [0.717, 1.165) is 11.3 Å². The lowest BCUT2D eigenvalue weighted by Gasteiger charge is -2.15. The van der Waals surface area contributed by atoms with Crippen molar-refractivity contribution in [1.29, 1.82) is 0 Å². The Bertz CT molecular complexity index is 844. The lowest BCUT2D eigenvalue weighted by atomic mass is 9.99. The highest BCUT2D eigenvalue weighted by atomic mass is 16.1. The number of benzene rings is 2. The number of para-hydroxylation sites is 1. The summed E-state index contributed by atoms with van der Waals surface area (Å²) in [5.41, 5.74) is 9.41. The van der Waals surface area contributed by atoms with Crippen LogP contribution in [0.15, 0.2) is 66.9 Å². The Labute approximate surface area is 135 Å². The second-order valence-electron chi connectivity index (χ2n) is 5.26. The van der Waals surface area contributed by atoms with Crippen molar-refractivity contribution in [3.05, 3.63) is 83.6 Å². The van der Waals surface area contributed by atoms with Gasteiger partial charge in [-0.2, -0.15) is 0 Å². The molecule has 3 N–H and O–H groups in total. The zero-order valence-corrected chi connectivity index (χ0v) is 12.8. The van der Waals surface area contributed by atoms with E-state index in [1.165, 1.54) is 0 Å². The van der Waals surface area contributed by atoms with Crippen LogP contribution in [0.4, 0.5) is 17.2 Å². The number of aromatic nitrogens is 1. The summed E-state index contributed by atoms with van der Waals surface area (Å²) in [7, 11) is 0. The fourth-order valence-electron chi connectivity index (χ4n) is 2.41. The Balaban J connectivity index is 2.04. The molecule has 0 fully saturated rings. The summed E-state index contributed by atoms with van der Waals surface area (Å²) in [5.74, 6) is 0.509. The smallest absolute Gasteiger partial charge is 0.195 e. The van der Waals surface area contributed by atoms with Gasteiger partial charge in [0.15, 0.2) is 11.6 Å². The molecule has 1 heterocycles. The van der Waals surface area contributed by atoms with Gasteiger partial charge in [-0.1, -0.05) is 42.5 Å². The van der Waals surface area contributed by atoms with E-state index in [0.29, 0.717) is 22.6 Å². The number of nitrogens with one attached hydrogen (secondary N) is 1. The van der Waals surface area contributed by atoms with E-state index in [-0.39, 0.29) is 5.78 Å². The predicted molar refractivity (Wildman–Crippen MR) is 93.0 cm³/mol. The minimum atomic E-state index is -0.0358. The van der Waals surface area contributed by atoms with Crippen LogP contribution in [0.5, 0.6) is 0 Å². The van der Waals surface area contributed by atoms with Crippen molar-refractivity contribution >= 4 is 23.0 Å². The van der Waals surface area contributed by atoms with Gasteiger partial charge in [-0.05, 0) is 30.7 Å². The third kappa shape index (κ3) is 3.06. The second kappa shape index (κ2) is 6.32. The Kier molecular flexibility index (Phi) is 4.06. The van der Waals surface area contributed by atoms with Gasteiger partial charge in [0.25, 0.3) is 0 Å². The molecule has 1 aromatic heterocycles. The van der Waals surface area contributed by atoms with Gasteiger partial charge >= 0.3 is 0 Å². The molecular formula is C19H17N3O. The van der Waals surface area contributed by atoms with Crippen molar-refractivity contribution in [3.8, 4) is 0 Å².